The smallest absolute Gasteiger partial charge is 0.106 e. The van der Waals surface area contributed by atoms with Crippen molar-refractivity contribution >= 4 is 34.2 Å². The van der Waals surface area contributed by atoms with Crippen LogP contribution in [0.25, 0.3) is 0 Å². The summed E-state index contributed by atoms with van der Waals surface area (Å²) in [5, 5.41) is 5.54. The molecule has 0 aliphatic heterocycles. The molecule has 0 bridgehead atoms. The number of thiophene rings is 1. The fourth-order valence-electron chi connectivity index (χ4n) is 1.83. The van der Waals surface area contributed by atoms with Crippen molar-refractivity contribution in [2.45, 2.75) is 19.9 Å². The first kappa shape index (κ1) is 13.1. The maximum Gasteiger partial charge on any atom is 0.106 e. The molecule has 0 fully saturated rings. The Balaban J connectivity index is 2.26. The van der Waals surface area contributed by atoms with Gasteiger partial charge in [-0.2, -0.15) is 0 Å². The second-order valence-corrected chi connectivity index (χ2v) is 5.71. The lowest BCUT2D eigenvalue weighted by atomic mass is 10.1. The number of hydrogen-bond donors (Lipinski definition) is 2. The van der Waals surface area contributed by atoms with E-state index in [0.29, 0.717) is 4.99 Å². The molecule has 0 aliphatic carbocycles. The van der Waals surface area contributed by atoms with Crippen molar-refractivity contribution < 1.29 is 0 Å². The Bertz CT molecular complexity index is 547. The Labute approximate surface area is 117 Å². The average molecular weight is 276 g/mol. The molecule has 0 spiro atoms. The van der Waals surface area contributed by atoms with E-state index in [9.17, 15) is 0 Å². The first-order valence-corrected chi connectivity index (χ1v) is 7.07. The summed E-state index contributed by atoms with van der Waals surface area (Å²) in [5.74, 6) is 0. The molecule has 0 aliphatic rings. The van der Waals surface area contributed by atoms with Gasteiger partial charge in [-0.3, -0.25) is 0 Å². The first-order chi connectivity index (χ1) is 8.58. The molecule has 1 atom stereocenters. The van der Waals surface area contributed by atoms with Gasteiger partial charge in [-0.25, -0.2) is 0 Å². The molecular formula is C14H16N2S2. The van der Waals surface area contributed by atoms with Crippen LogP contribution in [0.15, 0.2) is 35.7 Å². The van der Waals surface area contributed by atoms with Crippen molar-refractivity contribution in [2.24, 2.45) is 5.73 Å². The first-order valence-electron chi connectivity index (χ1n) is 5.78. The van der Waals surface area contributed by atoms with E-state index < -0.39 is 0 Å². The van der Waals surface area contributed by atoms with Gasteiger partial charge in [0.05, 0.1) is 6.04 Å². The monoisotopic (exact) mass is 276 g/mol. The molecule has 1 aromatic heterocycles. The second-order valence-electron chi connectivity index (χ2n) is 4.29. The molecule has 18 heavy (non-hydrogen) atoms. The van der Waals surface area contributed by atoms with Gasteiger partial charge in [-0.05, 0) is 37.4 Å². The Kier molecular flexibility index (Phi) is 3.99. The van der Waals surface area contributed by atoms with E-state index in [2.05, 4.69) is 35.8 Å². The lowest BCUT2D eigenvalue weighted by Crippen LogP contribution is -2.15. The van der Waals surface area contributed by atoms with E-state index in [1.807, 2.05) is 19.1 Å². The maximum atomic E-state index is 5.77. The van der Waals surface area contributed by atoms with Crippen molar-refractivity contribution in [3.8, 4) is 0 Å². The Morgan fingerprint density at radius 3 is 2.78 bits per heavy atom. The molecule has 3 N–H and O–H groups in total. The fraction of sp³-hybridized carbons (Fsp3) is 0.214. The highest BCUT2D eigenvalue weighted by Gasteiger charge is 2.10. The van der Waals surface area contributed by atoms with Crippen LogP contribution in [0.2, 0.25) is 0 Å². The molecule has 1 aromatic carbocycles. The second kappa shape index (κ2) is 5.50. The molecule has 94 valence electrons. The predicted octanol–water partition coefficient (Wildman–Crippen LogP) is 3.86. The maximum absolute atomic E-state index is 5.77. The number of anilines is 1. The van der Waals surface area contributed by atoms with Crippen molar-refractivity contribution in [2.75, 3.05) is 5.32 Å². The summed E-state index contributed by atoms with van der Waals surface area (Å²) in [7, 11) is 0. The summed E-state index contributed by atoms with van der Waals surface area (Å²) in [6.07, 6.45) is 0. The molecule has 2 aromatic rings. The standard InChI is InChI=1S/C14H16N2S2/c1-9-5-6-12(11(8-9)14(15)17)16-10(2)13-4-3-7-18-13/h3-8,10,16H,1-2H3,(H2,15,17). The highest BCUT2D eigenvalue weighted by atomic mass is 32.1. The zero-order valence-corrected chi connectivity index (χ0v) is 12.1. The van der Waals surface area contributed by atoms with E-state index in [-0.39, 0.29) is 6.04 Å². The van der Waals surface area contributed by atoms with Gasteiger partial charge in [0.25, 0.3) is 0 Å². The van der Waals surface area contributed by atoms with Gasteiger partial charge in [0.15, 0.2) is 0 Å². The van der Waals surface area contributed by atoms with Gasteiger partial charge in [-0.1, -0.05) is 29.9 Å². The molecular weight excluding hydrogens is 260 g/mol. The number of aryl methyl sites for hydroxylation is 1. The lowest BCUT2D eigenvalue weighted by molar-refractivity contribution is 0.907. The Morgan fingerprint density at radius 1 is 1.39 bits per heavy atom. The van der Waals surface area contributed by atoms with E-state index >= 15 is 0 Å². The summed E-state index contributed by atoms with van der Waals surface area (Å²) in [6, 6.07) is 10.5. The van der Waals surface area contributed by atoms with Crippen LogP contribution >= 0.6 is 23.6 Å². The SMILES string of the molecule is Cc1ccc(NC(C)c2cccs2)c(C(N)=S)c1. The van der Waals surface area contributed by atoms with Gasteiger partial charge < -0.3 is 11.1 Å². The number of nitrogens with one attached hydrogen (secondary N) is 1. The molecule has 0 amide bonds. The van der Waals surface area contributed by atoms with Crippen LogP contribution in [0.1, 0.15) is 29.0 Å². The zero-order chi connectivity index (χ0) is 13.1. The van der Waals surface area contributed by atoms with Gasteiger partial charge in [0.1, 0.15) is 4.99 Å². The van der Waals surface area contributed by atoms with Gasteiger partial charge in [-0.15, -0.1) is 11.3 Å². The minimum Gasteiger partial charge on any atom is -0.389 e. The summed E-state index contributed by atoms with van der Waals surface area (Å²) < 4.78 is 0. The third kappa shape index (κ3) is 2.89. The van der Waals surface area contributed by atoms with E-state index in [1.54, 1.807) is 11.3 Å². The number of thiocarbonyl (C=S) groups is 1. The predicted molar refractivity (Wildman–Crippen MR) is 83.4 cm³/mol. The van der Waals surface area contributed by atoms with Crippen molar-refractivity contribution in [1.82, 2.24) is 0 Å². The van der Waals surface area contributed by atoms with Crippen LogP contribution in [0, 0.1) is 6.92 Å². The third-order valence-corrected chi connectivity index (χ3v) is 4.06. The number of rotatable bonds is 4. The van der Waals surface area contributed by atoms with Crippen LogP contribution in [-0.2, 0) is 0 Å². The largest absolute Gasteiger partial charge is 0.389 e. The third-order valence-electron chi connectivity index (χ3n) is 2.78. The lowest BCUT2D eigenvalue weighted by Gasteiger charge is -2.17. The van der Waals surface area contributed by atoms with Gasteiger partial charge in [0.2, 0.25) is 0 Å². The average Bonchev–Trinajstić information content (AvgIpc) is 2.84. The summed E-state index contributed by atoms with van der Waals surface area (Å²) in [6.45, 7) is 4.17. The summed E-state index contributed by atoms with van der Waals surface area (Å²) in [4.78, 5) is 1.73. The molecule has 0 radical (unpaired) electrons. The van der Waals surface area contributed by atoms with Crippen LogP contribution in [0.5, 0.6) is 0 Å². The number of hydrogen-bond acceptors (Lipinski definition) is 3. The van der Waals surface area contributed by atoms with Crippen molar-refractivity contribution in [3.63, 3.8) is 0 Å². The van der Waals surface area contributed by atoms with Crippen LogP contribution < -0.4 is 11.1 Å². The Morgan fingerprint density at radius 2 is 2.17 bits per heavy atom. The molecule has 2 nitrogen and oxygen atoms in total. The van der Waals surface area contributed by atoms with Crippen LogP contribution in [0.4, 0.5) is 5.69 Å². The highest BCUT2D eigenvalue weighted by molar-refractivity contribution is 7.80. The number of benzene rings is 1. The van der Waals surface area contributed by atoms with Gasteiger partial charge >= 0.3 is 0 Å². The quantitative estimate of drug-likeness (QED) is 0.833. The van der Waals surface area contributed by atoms with E-state index in [4.69, 9.17) is 18.0 Å². The minimum atomic E-state index is 0.251. The molecule has 2 rings (SSSR count). The van der Waals surface area contributed by atoms with Gasteiger partial charge in [0, 0.05) is 16.1 Å². The van der Waals surface area contributed by atoms with Crippen LogP contribution in [0.3, 0.4) is 0 Å². The minimum absolute atomic E-state index is 0.251. The van der Waals surface area contributed by atoms with Crippen molar-refractivity contribution in [1.29, 1.82) is 0 Å². The Hall–Kier alpha value is -1.39. The normalized spacial score (nSPS) is 12.1. The topological polar surface area (TPSA) is 38.0 Å². The van der Waals surface area contributed by atoms with E-state index in [0.717, 1.165) is 16.8 Å². The molecule has 0 saturated heterocycles. The molecule has 1 unspecified atom stereocenters. The van der Waals surface area contributed by atoms with Crippen molar-refractivity contribution in [3.05, 3.63) is 51.7 Å². The fourth-order valence-corrected chi connectivity index (χ4v) is 2.73. The summed E-state index contributed by atoms with van der Waals surface area (Å²) in [5.41, 5.74) is 8.84. The molecule has 1 heterocycles. The van der Waals surface area contributed by atoms with E-state index in [1.165, 1.54) is 4.88 Å². The molecule has 0 saturated carbocycles. The van der Waals surface area contributed by atoms with Crippen LogP contribution in [-0.4, -0.2) is 4.99 Å². The number of nitrogens with two attached hydrogens (primary N) is 1. The highest BCUT2D eigenvalue weighted by Crippen LogP contribution is 2.25. The molecule has 4 heteroatoms. The summed E-state index contributed by atoms with van der Waals surface area (Å²) >= 11 is 6.84. The zero-order valence-electron chi connectivity index (χ0n) is 10.4.